The number of anilines is 2. The third kappa shape index (κ3) is 4.78. The number of halogens is 1. The highest BCUT2D eigenvalue weighted by Crippen LogP contribution is 2.38. The number of piperazine rings is 1. The van der Waals surface area contributed by atoms with Crippen molar-refractivity contribution in [3.63, 3.8) is 0 Å². The molecular weight excluding hydrogens is 468 g/mol. The van der Waals surface area contributed by atoms with Crippen LogP contribution in [0.3, 0.4) is 0 Å². The van der Waals surface area contributed by atoms with Crippen LogP contribution in [0, 0.1) is 0 Å². The minimum atomic E-state index is -3.92. The molecule has 1 fully saturated rings. The molecule has 2 N–H and O–H groups in total. The van der Waals surface area contributed by atoms with Crippen LogP contribution in [0.2, 0.25) is 5.02 Å². The van der Waals surface area contributed by atoms with E-state index >= 15 is 0 Å². The third-order valence-electron chi connectivity index (χ3n) is 5.72. The van der Waals surface area contributed by atoms with Crippen LogP contribution in [0.25, 0.3) is 0 Å². The maximum absolute atomic E-state index is 13.2. The second-order valence-electron chi connectivity index (χ2n) is 7.90. The number of sulfonamides is 1. The van der Waals surface area contributed by atoms with Crippen molar-refractivity contribution in [1.29, 1.82) is 0 Å². The minimum absolute atomic E-state index is 0.0112. The number of benzene rings is 2. The lowest BCUT2D eigenvalue weighted by molar-refractivity contribution is -0.122. The first-order chi connectivity index (χ1) is 15.7. The highest BCUT2D eigenvalue weighted by atomic mass is 35.5. The minimum Gasteiger partial charge on any atom is -0.479 e. The highest BCUT2D eigenvalue weighted by molar-refractivity contribution is 7.89. The Morgan fingerprint density at radius 1 is 1.18 bits per heavy atom. The molecule has 2 heterocycles. The maximum Gasteiger partial charge on any atom is 0.321 e. The summed E-state index contributed by atoms with van der Waals surface area (Å²) in [6.45, 7) is 4.37. The summed E-state index contributed by atoms with van der Waals surface area (Å²) in [5, 5.41) is 5.48. The van der Waals surface area contributed by atoms with E-state index in [1.54, 1.807) is 11.8 Å². The van der Waals surface area contributed by atoms with Crippen LogP contribution >= 0.6 is 11.6 Å². The SMILES string of the molecule is CCc1ccc(NC(=O)N2CCN(S(=O)(=O)c3cc4c(cc3Cl)NC(=O)[C@@H](C)O4)CC2)cc1. The number of ether oxygens (including phenoxy) is 1. The van der Waals surface area contributed by atoms with Gasteiger partial charge in [-0.2, -0.15) is 4.31 Å². The zero-order valence-corrected chi connectivity index (χ0v) is 19.9. The lowest BCUT2D eigenvalue weighted by atomic mass is 10.1. The van der Waals surface area contributed by atoms with Crippen LogP contribution in [0.1, 0.15) is 19.4 Å². The lowest BCUT2D eigenvalue weighted by Crippen LogP contribution is -2.51. The Bertz CT molecular complexity index is 1180. The number of nitrogens with one attached hydrogen (secondary N) is 2. The fourth-order valence-electron chi connectivity index (χ4n) is 3.70. The Balaban J connectivity index is 1.43. The van der Waals surface area contributed by atoms with E-state index < -0.39 is 16.1 Å². The number of nitrogens with zero attached hydrogens (tertiary/aromatic N) is 2. The van der Waals surface area contributed by atoms with Crippen molar-refractivity contribution in [2.75, 3.05) is 36.8 Å². The molecule has 0 spiro atoms. The molecule has 3 amide bonds. The van der Waals surface area contributed by atoms with Gasteiger partial charge in [0.05, 0.1) is 10.7 Å². The molecule has 0 saturated carbocycles. The van der Waals surface area contributed by atoms with E-state index in [2.05, 4.69) is 17.6 Å². The lowest BCUT2D eigenvalue weighted by Gasteiger charge is -2.34. The molecule has 2 aliphatic heterocycles. The Morgan fingerprint density at radius 2 is 1.85 bits per heavy atom. The van der Waals surface area contributed by atoms with E-state index in [4.69, 9.17) is 16.3 Å². The van der Waals surface area contributed by atoms with Gasteiger partial charge in [0.1, 0.15) is 10.6 Å². The van der Waals surface area contributed by atoms with Gasteiger partial charge in [-0.25, -0.2) is 13.2 Å². The zero-order valence-electron chi connectivity index (χ0n) is 18.3. The van der Waals surface area contributed by atoms with Crippen molar-refractivity contribution < 1.29 is 22.7 Å². The number of rotatable bonds is 4. The van der Waals surface area contributed by atoms with E-state index in [9.17, 15) is 18.0 Å². The van der Waals surface area contributed by atoms with Gasteiger partial charge < -0.3 is 20.3 Å². The van der Waals surface area contributed by atoms with E-state index in [0.29, 0.717) is 11.4 Å². The van der Waals surface area contributed by atoms with Crippen molar-refractivity contribution in [2.45, 2.75) is 31.3 Å². The molecule has 2 aromatic carbocycles. The van der Waals surface area contributed by atoms with Gasteiger partial charge in [0.15, 0.2) is 6.10 Å². The molecule has 0 aliphatic carbocycles. The number of fused-ring (bicyclic) bond motifs is 1. The van der Waals surface area contributed by atoms with Crippen LogP contribution in [-0.2, 0) is 21.2 Å². The van der Waals surface area contributed by atoms with Gasteiger partial charge in [-0.05, 0) is 37.1 Å². The molecule has 176 valence electrons. The van der Waals surface area contributed by atoms with Crippen molar-refractivity contribution in [3.8, 4) is 5.75 Å². The molecule has 2 aromatic rings. The normalized spacial score (nSPS) is 18.8. The molecule has 11 heteroatoms. The van der Waals surface area contributed by atoms with Gasteiger partial charge in [-0.15, -0.1) is 0 Å². The largest absolute Gasteiger partial charge is 0.479 e. The van der Waals surface area contributed by atoms with Gasteiger partial charge >= 0.3 is 6.03 Å². The molecule has 1 atom stereocenters. The zero-order chi connectivity index (χ0) is 23.8. The Labute approximate surface area is 197 Å². The van der Waals surface area contributed by atoms with Crippen molar-refractivity contribution in [3.05, 3.63) is 47.0 Å². The number of aryl methyl sites for hydroxylation is 1. The summed E-state index contributed by atoms with van der Waals surface area (Å²) >= 11 is 6.25. The predicted molar refractivity (Wildman–Crippen MR) is 125 cm³/mol. The molecule has 0 bridgehead atoms. The number of carbonyl (C=O) groups is 2. The number of amides is 3. The van der Waals surface area contributed by atoms with Crippen LogP contribution in [-0.4, -0.2) is 61.8 Å². The molecular formula is C22H25ClN4O5S. The molecule has 9 nitrogen and oxygen atoms in total. The monoisotopic (exact) mass is 492 g/mol. The molecule has 4 rings (SSSR count). The summed E-state index contributed by atoms with van der Waals surface area (Å²) in [4.78, 5) is 25.9. The molecule has 0 radical (unpaired) electrons. The average molecular weight is 493 g/mol. The second-order valence-corrected chi connectivity index (χ2v) is 10.2. The first-order valence-corrected chi connectivity index (χ1v) is 12.5. The van der Waals surface area contributed by atoms with E-state index in [0.717, 1.165) is 6.42 Å². The summed E-state index contributed by atoms with van der Waals surface area (Å²) in [7, 11) is -3.92. The maximum atomic E-state index is 13.2. The van der Waals surface area contributed by atoms with E-state index in [1.165, 1.54) is 22.0 Å². The van der Waals surface area contributed by atoms with E-state index in [1.807, 2.05) is 24.3 Å². The third-order valence-corrected chi connectivity index (χ3v) is 8.09. The fourth-order valence-corrected chi connectivity index (χ4v) is 5.64. The molecule has 33 heavy (non-hydrogen) atoms. The standard InChI is InChI=1S/C22H25ClN4O5S/c1-3-15-4-6-16(7-5-15)24-22(29)26-8-10-27(11-9-26)33(30,31)20-13-19-18(12-17(20)23)25-21(28)14(2)32-19/h4-7,12-14H,3,8-11H2,1-2H3,(H,24,29)(H,25,28)/t14-/m1/s1. The van der Waals surface area contributed by atoms with Gasteiger partial charge in [-0.3, -0.25) is 4.79 Å². The van der Waals surface area contributed by atoms with E-state index in [-0.39, 0.29) is 53.8 Å². The van der Waals surface area contributed by atoms with Gasteiger partial charge in [0.25, 0.3) is 5.91 Å². The molecule has 2 aliphatic rings. The predicted octanol–water partition coefficient (Wildman–Crippen LogP) is 3.16. The van der Waals surface area contributed by atoms with Crippen LogP contribution in [0.4, 0.5) is 16.2 Å². The average Bonchev–Trinajstić information content (AvgIpc) is 2.80. The number of urea groups is 1. The molecule has 0 aromatic heterocycles. The van der Waals surface area contributed by atoms with Gasteiger partial charge in [0.2, 0.25) is 10.0 Å². The Kier molecular flexibility index (Phi) is 6.51. The quantitative estimate of drug-likeness (QED) is 0.681. The summed E-state index contributed by atoms with van der Waals surface area (Å²) < 4.78 is 33.3. The van der Waals surface area contributed by atoms with Gasteiger partial charge in [0, 0.05) is 37.9 Å². The van der Waals surface area contributed by atoms with Crippen molar-refractivity contribution in [2.24, 2.45) is 0 Å². The van der Waals surface area contributed by atoms with Crippen molar-refractivity contribution in [1.82, 2.24) is 9.21 Å². The first kappa shape index (κ1) is 23.3. The Morgan fingerprint density at radius 3 is 2.48 bits per heavy atom. The first-order valence-electron chi connectivity index (χ1n) is 10.6. The summed E-state index contributed by atoms with van der Waals surface area (Å²) in [5.74, 6) is -0.0814. The topological polar surface area (TPSA) is 108 Å². The number of hydrogen-bond acceptors (Lipinski definition) is 5. The highest BCUT2D eigenvalue weighted by Gasteiger charge is 2.34. The summed E-state index contributed by atoms with van der Waals surface area (Å²) in [6, 6.07) is 10.0. The number of carbonyl (C=O) groups excluding carboxylic acids is 2. The Hall–Kier alpha value is -2.82. The summed E-state index contributed by atoms with van der Waals surface area (Å²) in [6.07, 6.45) is 0.174. The van der Waals surface area contributed by atoms with Crippen LogP contribution in [0.15, 0.2) is 41.3 Å². The fraction of sp³-hybridized carbons (Fsp3) is 0.364. The van der Waals surface area contributed by atoms with Gasteiger partial charge in [-0.1, -0.05) is 30.7 Å². The van der Waals surface area contributed by atoms with Crippen molar-refractivity contribution >= 4 is 44.9 Å². The second kappa shape index (κ2) is 9.20. The summed E-state index contributed by atoms with van der Waals surface area (Å²) in [5.41, 5.74) is 2.19. The molecule has 1 saturated heterocycles. The number of hydrogen-bond donors (Lipinski definition) is 2. The smallest absolute Gasteiger partial charge is 0.321 e. The molecule has 0 unspecified atom stereocenters. The van der Waals surface area contributed by atoms with Crippen LogP contribution < -0.4 is 15.4 Å². The van der Waals surface area contributed by atoms with Crippen LogP contribution in [0.5, 0.6) is 5.75 Å².